The van der Waals surface area contributed by atoms with Crippen molar-refractivity contribution in [2.24, 2.45) is 0 Å². The number of carbonyl (C=O) groups excluding carboxylic acids is 1. The van der Waals surface area contributed by atoms with Crippen LogP contribution in [0.3, 0.4) is 0 Å². The number of hydrogen-bond donors (Lipinski definition) is 1. The summed E-state index contributed by atoms with van der Waals surface area (Å²) in [4.78, 5) is 17.7. The SMILES string of the molecule is CCOC(=O)C=C(C[C@](O)(c1nc2ccccc2s1)C(F)(F)F)N1CCCC1. The van der Waals surface area contributed by atoms with E-state index in [-0.39, 0.29) is 12.3 Å². The van der Waals surface area contributed by atoms with Crippen molar-refractivity contribution in [2.75, 3.05) is 19.7 Å². The first-order valence-electron chi connectivity index (χ1n) is 9.02. The Bertz CT molecular complexity index is 842. The Hall–Kier alpha value is -2.13. The van der Waals surface area contributed by atoms with Gasteiger partial charge in [-0.2, -0.15) is 13.2 Å². The van der Waals surface area contributed by atoms with Gasteiger partial charge in [0.1, 0.15) is 5.01 Å². The first kappa shape index (κ1) is 20.6. The molecule has 2 aromatic rings. The van der Waals surface area contributed by atoms with Crippen LogP contribution in [0.5, 0.6) is 0 Å². The Morgan fingerprint density at radius 1 is 1.32 bits per heavy atom. The number of para-hydroxylation sites is 1. The number of thiazole rings is 1. The number of hydrogen-bond acceptors (Lipinski definition) is 6. The molecule has 1 aromatic heterocycles. The van der Waals surface area contributed by atoms with Gasteiger partial charge in [-0.05, 0) is 31.9 Å². The minimum atomic E-state index is -4.96. The highest BCUT2D eigenvalue weighted by Crippen LogP contribution is 2.46. The molecule has 0 unspecified atom stereocenters. The highest BCUT2D eigenvalue weighted by Gasteiger charge is 2.57. The Morgan fingerprint density at radius 3 is 2.61 bits per heavy atom. The maximum absolute atomic E-state index is 14.0. The summed E-state index contributed by atoms with van der Waals surface area (Å²) < 4.78 is 47.4. The van der Waals surface area contributed by atoms with Gasteiger partial charge in [-0.3, -0.25) is 0 Å². The van der Waals surface area contributed by atoms with Gasteiger partial charge in [-0.25, -0.2) is 9.78 Å². The van der Waals surface area contributed by atoms with Crippen LogP contribution in [0.25, 0.3) is 10.2 Å². The summed E-state index contributed by atoms with van der Waals surface area (Å²) in [7, 11) is 0. The van der Waals surface area contributed by atoms with Crippen LogP contribution in [0.4, 0.5) is 13.2 Å². The van der Waals surface area contributed by atoms with Crippen molar-refractivity contribution in [3.63, 3.8) is 0 Å². The van der Waals surface area contributed by atoms with Crippen LogP contribution in [-0.2, 0) is 15.1 Å². The molecule has 1 N–H and O–H groups in total. The molecular weight excluding hydrogens is 393 g/mol. The quantitative estimate of drug-likeness (QED) is 0.572. The molecule has 1 aliphatic heterocycles. The number of aliphatic hydroxyl groups is 1. The van der Waals surface area contributed by atoms with E-state index in [4.69, 9.17) is 4.74 Å². The van der Waals surface area contributed by atoms with Crippen LogP contribution in [0.15, 0.2) is 36.0 Å². The van der Waals surface area contributed by atoms with Crippen molar-refractivity contribution < 1.29 is 27.8 Å². The molecule has 1 aliphatic rings. The van der Waals surface area contributed by atoms with Gasteiger partial charge in [0, 0.05) is 31.3 Å². The summed E-state index contributed by atoms with van der Waals surface area (Å²) in [6, 6.07) is 6.63. The topological polar surface area (TPSA) is 62.7 Å². The van der Waals surface area contributed by atoms with Crippen molar-refractivity contribution in [3.05, 3.63) is 41.0 Å². The van der Waals surface area contributed by atoms with E-state index in [1.807, 2.05) is 0 Å². The van der Waals surface area contributed by atoms with E-state index in [2.05, 4.69) is 4.98 Å². The minimum absolute atomic E-state index is 0.107. The number of benzene rings is 1. The molecule has 5 nitrogen and oxygen atoms in total. The van der Waals surface area contributed by atoms with Crippen LogP contribution in [-0.4, -0.2) is 46.8 Å². The summed E-state index contributed by atoms with van der Waals surface area (Å²) in [5, 5.41) is 10.4. The number of esters is 1. The van der Waals surface area contributed by atoms with Crippen LogP contribution in [0, 0.1) is 0 Å². The maximum atomic E-state index is 14.0. The van der Waals surface area contributed by atoms with Gasteiger partial charge in [0.15, 0.2) is 0 Å². The molecule has 9 heteroatoms. The maximum Gasteiger partial charge on any atom is 0.424 e. The zero-order valence-corrected chi connectivity index (χ0v) is 16.1. The zero-order valence-electron chi connectivity index (χ0n) is 15.3. The third-order valence-electron chi connectivity index (χ3n) is 4.64. The smallest absolute Gasteiger partial charge is 0.424 e. The van der Waals surface area contributed by atoms with Crippen molar-refractivity contribution in [1.29, 1.82) is 0 Å². The van der Waals surface area contributed by atoms with E-state index in [1.165, 1.54) is 0 Å². The van der Waals surface area contributed by atoms with Gasteiger partial charge >= 0.3 is 12.1 Å². The van der Waals surface area contributed by atoms with Gasteiger partial charge in [0.2, 0.25) is 5.60 Å². The third kappa shape index (κ3) is 4.15. The summed E-state index contributed by atoms with van der Waals surface area (Å²) >= 11 is 0.802. The van der Waals surface area contributed by atoms with Crippen LogP contribution >= 0.6 is 11.3 Å². The van der Waals surface area contributed by atoms with Gasteiger partial charge in [0.05, 0.1) is 16.8 Å². The average Bonchev–Trinajstić information content (AvgIpc) is 3.30. The number of likely N-dealkylation sites (tertiary alicyclic amines) is 1. The van der Waals surface area contributed by atoms with Gasteiger partial charge in [0.25, 0.3) is 0 Å². The molecule has 152 valence electrons. The Morgan fingerprint density at radius 2 is 2.00 bits per heavy atom. The molecule has 3 rings (SSSR count). The van der Waals surface area contributed by atoms with E-state index >= 15 is 0 Å². The molecule has 1 aromatic carbocycles. The number of halogens is 3. The second kappa shape index (κ2) is 8.08. The van der Waals surface area contributed by atoms with Crippen LogP contribution in [0.2, 0.25) is 0 Å². The molecule has 28 heavy (non-hydrogen) atoms. The van der Waals surface area contributed by atoms with Crippen LogP contribution < -0.4 is 0 Å². The lowest BCUT2D eigenvalue weighted by Gasteiger charge is -2.32. The Labute approximate surface area is 164 Å². The fourth-order valence-corrected chi connectivity index (χ4v) is 4.26. The zero-order chi connectivity index (χ0) is 20.4. The number of ether oxygens (including phenoxy) is 1. The number of carbonyl (C=O) groups is 1. The largest absolute Gasteiger partial charge is 0.463 e. The van der Waals surface area contributed by atoms with Crippen molar-refractivity contribution in [2.45, 2.75) is 38.0 Å². The highest BCUT2D eigenvalue weighted by molar-refractivity contribution is 7.18. The first-order chi connectivity index (χ1) is 13.2. The van der Waals surface area contributed by atoms with Gasteiger partial charge < -0.3 is 14.7 Å². The molecule has 1 atom stereocenters. The fraction of sp³-hybridized carbons (Fsp3) is 0.474. The van der Waals surface area contributed by atoms with E-state index in [0.29, 0.717) is 23.3 Å². The van der Waals surface area contributed by atoms with E-state index in [9.17, 15) is 23.1 Å². The summed E-state index contributed by atoms with van der Waals surface area (Å²) in [6.07, 6.45) is -3.08. The number of fused-ring (bicyclic) bond motifs is 1. The lowest BCUT2D eigenvalue weighted by atomic mass is 9.96. The Balaban J connectivity index is 2.02. The van der Waals surface area contributed by atoms with Gasteiger partial charge in [-0.15, -0.1) is 11.3 Å². The Kier molecular flexibility index (Phi) is 5.95. The molecule has 0 amide bonds. The monoisotopic (exact) mass is 414 g/mol. The normalized spacial score (nSPS) is 17.8. The highest BCUT2D eigenvalue weighted by atomic mass is 32.1. The van der Waals surface area contributed by atoms with Gasteiger partial charge in [-0.1, -0.05) is 12.1 Å². The fourth-order valence-electron chi connectivity index (χ4n) is 3.19. The summed E-state index contributed by atoms with van der Waals surface area (Å²) in [6.45, 7) is 2.79. The number of aromatic nitrogens is 1. The molecule has 0 saturated carbocycles. The van der Waals surface area contributed by atoms with E-state index in [1.54, 1.807) is 36.1 Å². The molecule has 0 bridgehead atoms. The number of nitrogens with zero attached hydrogens (tertiary/aromatic N) is 2. The van der Waals surface area contributed by atoms with Crippen LogP contribution in [0.1, 0.15) is 31.2 Å². The molecule has 0 aliphatic carbocycles. The average molecular weight is 414 g/mol. The molecule has 0 spiro atoms. The second-order valence-corrected chi connectivity index (χ2v) is 7.63. The van der Waals surface area contributed by atoms with E-state index in [0.717, 1.165) is 30.3 Å². The number of alkyl halides is 3. The molecule has 0 radical (unpaired) electrons. The van der Waals surface area contributed by atoms with E-state index < -0.39 is 29.2 Å². The van der Waals surface area contributed by atoms with Crippen molar-refractivity contribution in [1.82, 2.24) is 9.88 Å². The molecule has 2 heterocycles. The minimum Gasteiger partial charge on any atom is -0.463 e. The van der Waals surface area contributed by atoms with Crippen molar-refractivity contribution in [3.8, 4) is 0 Å². The number of rotatable bonds is 6. The predicted octanol–water partition coefficient (Wildman–Crippen LogP) is 3.98. The molecule has 1 fully saturated rings. The lowest BCUT2D eigenvalue weighted by molar-refractivity contribution is -0.267. The predicted molar refractivity (Wildman–Crippen MR) is 99.7 cm³/mol. The lowest BCUT2D eigenvalue weighted by Crippen LogP contribution is -2.44. The summed E-state index contributed by atoms with van der Waals surface area (Å²) in [5.74, 6) is -0.724. The molecular formula is C19H21F3N2O3S. The molecule has 1 saturated heterocycles. The first-order valence-corrected chi connectivity index (χ1v) is 9.83. The van der Waals surface area contributed by atoms with Crippen molar-refractivity contribution >= 4 is 27.5 Å². The standard InChI is InChI=1S/C19H21F3N2O3S/c1-2-27-16(25)11-13(24-9-5-6-10-24)12-18(26,19(20,21)22)17-23-14-7-3-4-8-15(14)28-17/h3-4,7-8,11,26H,2,5-6,9-10,12H2,1H3/t18-/m0/s1. The summed E-state index contributed by atoms with van der Waals surface area (Å²) in [5.41, 5.74) is -2.70. The second-order valence-electron chi connectivity index (χ2n) is 6.60. The third-order valence-corrected chi connectivity index (χ3v) is 5.82.